The van der Waals surface area contributed by atoms with Crippen molar-refractivity contribution in [2.24, 2.45) is 0 Å². The standard InChI is InChI=1S/C28H24ClN3O3/c1-19-15-24(11-12-26(19)29)35-14-13-32-18-21(25-5-3-4-6-27(25)32)16-20(17-30)28(33)31-22-7-9-23(34-2)10-8-22/h3-12,15-16,18H,13-14H2,1-2H3,(H,31,33). The zero-order chi connectivity index (χ0) is 24.8. The minimum Gasteiger partial charge on any atom is -0.497 e. The molecule has 0 saturated heterocycles. The lowest BCUT2D eigenvalue weighted by molar-refractivity contribution is -0.112. The van der Waals surface area contributed by atoms with Gasteiger partial charge in [-0.2, -0.15) is 5.26 Å². The number of carbonyl (C=O) groups is 1. The van der Waals surface area contributed by atoms with E-state index in [1.807, 2.05) is 61.7 Å². The molecule has 0 aliphatic rings. The number of anilines is 1. The summed E-state index contributed by atoms with van der Waals surface area (Å²) >= 11 is 6.09. The maximum absolute atomic E-state index is 12.8. The summed E-state index contributed by atoms with van der Waals surface area (Å²) in [5.41, 5.74) is 3.32. The number of amides is 1. The average Bonchev–Trinajstić information content (AvgIpc) is 3.22. The monoisotopic (exact) mass is 485 g/mol. The lowest BCUT2D eigenvalue weighted by Gasteiger charge is -2.09. The van der Waals surface area contributed by atoms with Crippen LogP contribution in [-0.4, -0.2) is 24.2 Å². The summed E-state index contributed by atoms with van der Waals surface area (Å²) in [6, 6.07) is 22.4. The molecule has 0 aliphatic carbocycles. The van der Waals surface area contributed by atoms with Crippen LogP contribution in [0.5, 0.6) is 11.5 Å². The topological polar surface area (TPSA) is 76.3 Å². The number of halogens is 1. The maximum Gasteiger partial charge on any atom is 0.266 e. The number of aromatic nitrogens is 1. The third kappa shape index (κ3) is 5.65. The van der Waals surface area contributed by atoms with E-state index in [4.69, 9.17) is 21.1 Å². The van der Waals surface area contributed by atoms with Crippen molar-refractivity contribution in [1.29, 1.82) is 5.26 Å². The number of nitriles is 1. The van der Waals surface area contributed by atoms with Crippen LogP contribution in [0.1, 0.15) is 11.1 Å². The van der Waals surface area contributed by atoms with E-state index in [-0.39, 0.29) is 5.57 Å². The van der Waals surface area contributed by atoms with E-state index in [0.717, 1.165) is 27.8 Å². The van der Waals surface area contributed by atoms with Gasteiger partial charge < -0.3 is 19.4 Å². The number of hydrogen-bond donors (Lipinski definition) is 1. The highest BCUT2D eigenvalue weighted by atomic mass is 35.5. The molecule has 7 heteroatoms. The van der Waals surface area contributed by atoms with Gasteiger partial charge in [0.25, 0.3) is 5.91 Å². The van der Waals surface area contributed by atoms with Gasteiger partial charge in [-0.05, 0) is 67.1 Å². The van der Waals surface area contributed by atoms with Crippen LogP contribution in [0.25, 0.3) is 17.0 Å². The molecule has 35 heavy (non-hydrogen) atoms. The maximum atomic E-state index is 12.8. The first-order chi connectivity index (χ1) is 17.0. The Morgan fingerprint density at radius 1 is 1.11 bits per heavy atom. The van der Waals surface area contributed by atoms with Crippen LogP contribution in [0.15, 0.2) is 78.5 Å². The summed E-state index contributed by atoms with van der Waals surface area (Å²) in [5, 5.41) is 14.1. The molecule has 0 unspecified atom stereocenters. The van der Waals surface area contributed by atoms with E-state index in [1.54, 1.807) is 37.5 Å². The minimum absolute atomic E-state index is 0.0108. The van der Waals surface area contributed by atoms with Gasteiger partial charge in [-0.15, -0.1) is 0 Å². The normalized spacial score (nSPS) is 11.2. The molecule has 0 fully saturated rings. The Hall–Kier alpha value is -4.21. The van der Waals surface area contributed by atoms with Crippen LogP contribution in [0.4, 0.5) is 5.69 Å². The zero-order valence-corrected chi connectivity index (χ0v) is 20.2. The molecule has 0 spiro atoms. The Morgan fingerprint density at radius 2 is 1.86 bits per heavy atom. The number of hydrogen-bond acceptors (Lipinski definition) is 4. The van der Waals surface area contributed by atoms with E-state index in [0.29, 0.717) is 29.6 Å². The first-order valence-corrected chi connectivity index (χ1v) is 11.4. The highest BCUT2D eigenvalue weighted by Crippen LogP contribution is 2.25. The second kappa shape index (κ2) is 10.8. The van der Waals surface area contributed by atoms with E-state index >= 15 is 0 Å². The molecule has 0 radical (unpaired) electrons. The van der Waals surface area contributed by atoms with Crippen LogP contribution in [0.3, 0.4) is 0 Å². The molecule has 4 aromatic rings. The molecular weight excluding hydrogens is 462 g/mol. The molecule has 0 saturated carbocycles. The van der Waals surface area contributed by atoms with Crippen molar-refractivity contribution in [1.82, 2.24) is 4.57 Å². The predicted molar refractivity (Wildman–Crippen MR) is 139 cm³/mol. The smallest absolute Gasteiger partial charge is 0.266 e. The number of aryl methyl sites for hydroxylation is 1. The summed E-state index contributed by atoms with van der Waals surface area (Å²) in [4.78, 5) is 12.8. The molecule has 3 aromatic carbocycles. The Labute approximate surface area is 209 Å². The highest BCUT2D eigenvalue weighted by molar-refractivity contribution is 6.31. The molecule has 1 N–H and O–H groups in total. The van der Waals surface area contributed by atoms with E-state index in [1.165, 1.54) is 0 Å². The van der Waals surface area contributed by atoms with E-state index < -0.39 is 5.91 Å². The predicted octanol–water partition coefficient (Wildman–Crippen LogP) is 6.24. The molecule has 1 amide bonds. The van der Waals surface area contributed by atoms with Gasteiger partial charge in [0.1, 0.15) is 29.7 Å². The molecule has 1 aromatic heterocycles. The minimum atomic E-state index is -0.476. The van der Waals surface area contributed by atoms with Crippen molar-refractivity contribution in [3.63, 3.8) is 0 Å². The zero-order valence-electron chi connectivity index (χ0n) is 19.4. The van der Waals surface area contributed by atoms with Gasteiger partial charge in [0, 0.05) is 33.4 Å². The number of fused-ring (bicyclic) bond motifs is 1. The van der Waals surface area contributed by atoms with Crippen molar-refractivity contribution in [3.05, 3.63) is 94.6 Å². The largest absolute Gasteiger partial charge is 0.497 e. The number of para-hydroxylation sites is 1. The van der Waals surface area contributed by atoms with Gasteiger partial charge in [0.05, 0.1) is 13.7 Å². The summed E-state index contributed by atoms with van der Waals surface area (Å²) in [6.07, 6.45) is 3.54. The van der Waals surface area contributed by atoms with Crippen molar-refractivity contribution in [3.8, 4) is 17.6 Å². The molecule has 176 valence electrons. The van der Waals surface area contributed by atoms with Gasteiger partial charge in [-0.25, -0.2) is 0 Å². The number of ether oxygens (including phenoxy) is 2. The molecule has 4 rings (SSSR count). The molecule has 0 atom stereocenters. The molecular formula is C28H24ClN3O3. The Balaban J connectivity index is 1.53. The number of nitrogens with zero attached hydrogens (tertiary/aromatic N) is 2. The second-order valence-electron chi connectivity index (χ2n) is 7.91. The van der Waals surface area contributed by atoms with Crippen molar-refractivity contribution in [2.45, 2.75) is 13.5 Å². The number of methoxy groups -OCH3 is 1. The molecule has 0 aliphatic heterocycles. The fourth-order valence-corrected chi connectivity index (χ4v) is 3.84. The van der Waals surface area contributed by atoms with Crippen LogP contribution in [-0.2, 0) is 11.3 Å². The summed E-state index contributed by atoms with van der Waals surface area (Å²) < 4.78 is 13.1. The lowest BCUT2D eigenvalue weighted by atomic mass is 10.1. The average molecular weight is 486 g/mol. The first-order valence-electron chi connectivity index (χ1n) is 11.0. The first kappa shape index (κ1) is 23.9. The van der Waals surface area contributed by atoms with Gasteiger partial charge in [-0.1, -0.05) is 29.8 Å². The number of benzene rings is 3. The van der Waals surface area contributed by atoms with Gasteiger partial charge in [0.15, 0.2) is 0 Å². The molecule has 0 bridgehead atoms. The number of carbonyl (C=O) groups excluding carboxylic acids is 1. The van der Waals surface area contributed by atoms with E-state index in [2.05, 4.69) is 9.88 Å². The summed E-state index contributed by atoms with van der Waals surface area (Å²) in [7, 11) is 1.57. The third-order valence-electron chi connectivity index (χ3n) is 5.56. The lowest BCUT2D eigenvalue weighted by Crippen LogP contribution is -2.13. The number of rotatable bonds is 8. The quantitative estimate of drug-likeness (QED) is 0.237. The van der Waals surface area contributed by atoms with Crippen molar-refractivity contribution >= 4 is 40.2 Å². The van der Waals surface area contributed by atoms with Crippen LogP contribution >= 0.6 is 11.6 Å². The number of nitrogens with one attached hydrogen (secondary N) is 1. The van der Waals surface area contributed by atoms with Crippen LogP contribution < -0.4 is 14.8 Å². The van der Waals surface area contributed by atoms with Crippen LogP contribution in [0, 0.1) is 18.3 Å². The fraction of sp³-hybridized carbons (Fsp3) is 0.143. The van der Waals surface area contributed by atoms with Gasteiger partial charge >= 0.3 is 0 Å². The Bertz CT molecular complexity index is 1430. The fourth-order valence-electron chi connectivity index (χ4n) is 3.72. The second-order valence-corrected chi connectivity index (χ2v) is 8.31. The van der Waals surface area contributed by atoms with Gasteiger partial charge in [-0.3, -0.25) is 4.79 Å². The molecule has 6 nitrogen and oxygen atoms in total. The van der Waals surface area contributed by atoms with E-state index in [9.17, 15) is 10.1 Å². The summed E-state index contributed by atoms with van der Waals surface area (Å²) in [5.74, 6) is 0.962. The SMILES string of the molecule is COc1ccc(NC(=O)C(C#N)=Cc2cn(CCOc3ccc(Cl)c(C)c3)c3ccccc23)cc1. The summed E-state index contributed by atoms with van der Waals surface area (Å²) in [6.45, 7) is 2.98. The highest BCUT2D eigenvalue weighted by Gasteiger charge is 2.13. The Morgan fingerprint density at radius 3 is 2.57 bits per heavy atom. The Kier molecular flexibility index (Phi) is 7.39. The van der Waals surface area contributed by atoms with Crippen molar-refractivity contribution < 1.29 is 14.3 Å². The van der Waals surface area contributed by atoms with Crippen LogP contribution in [0.2, 0.25) is 5.02 Å². The molecule has 1 heterocycles. The third-order valence-corrected chi connectivity index (χ3v) is 5.99. The van der Waals surface area contributed by atoms with Gasteiger partial charge in [0.2, 0.25) is 0 Å². The van der Waals surface area contributed by atoms with Crippen molar-refractivity contribution in [2.75, 3.05) is 19.0 Å².